The summed E-state index contributed by atoms with van der Waals surface area (Å²) < 4.78 is 0. The summed E-state index contributed by atoms with van der Waals surface area (Å²) in [5, 5.41) is 9.92. The van der Waals surface area contributed by atoms with E-state index in [0.29, 0.717) is 18.0 Å². The molecule has 0 fully saturated rings. The molecular formula is C10H14ClNO. The molecule has 1 aromatic rings. The van der Waals surface area contributed by atoms with Crippen LogP contribution in [0.2, 0.25) is 5.02 Å². The zero-order chi connectivity index (χ0) is 9.84. The summed E-state index contributed by atoms with van der Waals surface area (Å²) in [5.74, 6) is 0. The third-order valence-corrected chi connectivity index (χ3v) is 2.14. The van der Waals surface area contributed by atoms with E-state index in [2.05, 4.69) is 0 Å². The second-order valence-corrected chi connectivity index (χ2v) is 3.61. The standard InChI is InChI=1S/C10H14ClNO/c1-7(13)4-9-5-10(11)3-2-8(9)6-12/h2-3,5,7,13H,4,6,12H2,1H3/t7-/m1/s1. The first-order valence-corrected chi connectivity index (χ1v) is 4.66. The fourth-order valence-electron chi connectivity index (χ4n) is 1.30. The molecule has 1 rings (SSSR count). The van der Waals surface area contributed by atoms with E-state index in [9.17, 15) is 5.11 Å². The molecule has 0 aliphatic heterocycles. The predicted octanol–water partition coefficient (Wildman–Crippen LogP) is 1.72. The number of nitrogens with two attached hydrogens (primary N) is 1. The molecule has 0 aliphatic carbocycles. The largest absolute Gasteiger partial charge is 0.393 e. The van der Waals surface area contributed by atoms with Crippen molar-refractivity contribution in [2.75, 3.05) is 0 Å². The van der Waals surface area contributed by atoms with Crippen molar-refractivity contribution in [1.29, 1.82) is 0 Å². The number of rotatable bonds is 3. The molecule has 0 unspecified atom stereocenters. The predicted molar refractivity (Wildman–Crippen MR) is 54.7 cm³/mol. The van der Waals surface area contributed by atoms with Gasteiger partial charge in [-0.15, -0.1) is 0 Å². The number of hydrogen-bond donors (Lipinski definition) is 2. The van der Waals surface area contributed by atoms with Gasteiger partial charge in [-0.3, -0.25) is 0 Å². The molecule has 0 bridgehead atoms. The highest BCUT2D eigenvalue weighted by molar-refractivity contribution is 6.30. The van der Waals surface area contributed by atoms with E-state index in [0.717, 1.165) is 11.1 Å². The molecule has 0 spiro atoms. The minimum atomic E-state index is -0.358. The third-order valence-electron chi connectivity index (χ3n) is 1.90. The van der Waals surface area contributed by atoms with Crippen molar-refractivity contribution in [3.63, 3.8) is 0 Å². The average Bonchev–Trinajstić information content (AvgIpc) is 2.03. The van der Waals surface area contributed by atoms with Crippen molar-refractivity contribution in [2.24, 2.45) is 5.73 Å². The molecular weight excluding hydrogens is 186 g/mol. The Bertz CT molecular complexity index is 286. The van der Waals surface area contributed by atoms with Crippen LogP contribution in [0.1, 0.15) is 18.1 Å². The Labute approximate surface area is 83.3 Å². The van der Waals surface area contributed by atoms with Crippen LogP contribution in [-0.4, -0.2) is 11.2 Å². The summed E-state index contributed by atoms with van der Waals surface area (Å²) in [6.45, 7) is 2.24. The van der Waals surface area contributed by atoms with Gasteiger partial charge in [-0.1, -0.05) is 17.7 Å². The van der Waals surface area contributed by atoms with E-state index in [1.807, 2.05) is 18.2 Å². The maximum Gasteiger partial charge on any atom is 0.0552 e. The Morgan fingerprint density at radius 1 is 1.46 bits per heavy atom. The molecule has 72 valence electrons. The summed E-state index contributed by atoms with van der Waals surface area (Å²) in [4.78, 5) is 0. The molecule has 0 saturated heterocycles. The molecule has 0 saturated carbocycles. The van der Waals surface area contributed by atoms with Gasteiger partial charge in [0.2, 0.25) is 0 Å². The van der Waals surface area contributed by atoms with Crippen molar-refractivity contribution >= 4 is 11.6 Å². The number of aliphatic hydroxyl groups is 1. The van der Waals surface area contributed by atoms with Gasteiger partial charge in [0, 0.05) is 11.6 Å². The molecule has 2 nitrogen and oxygen atoms in total. The van der Waals surface area contributed by atoms with Crippen LogP contribution in [0.5, 0.6) is 0 Å². The first-order chi connectivity index (χ1) is 6.13. The smallest absolute Gasteiger partial charge is 0.0552 e. The number of benzene rings is 1. The Morgan fingerprint density at radius 3 is 2.69 bits per heavy atom. The van der Waals surface area contributed by atoms with E-state index in [-0.39, 0.29) is 6.10 Å². The van der Waals surface area contributed by atoms with Crippen LogP contribution in [0.3, 0.4) is 0 Å². The minimum Gasteiger partial charge on any atom is -0.393 e. The monoisotopic (exact) mass is 199 g/mol. The van der Waals surface area contributed by atoms with E-state index in [4.69, 9.17) is 17.3 Å². The Morgan fingerprint density at radius 2 is 2.15 bits per heavy atom. The maximum absolute atomic E-state index is 9.23. The third kappa shape index (κ3) is 2.99. The lowest BCUT2D eigenvalue weighted by Gasteiger charge is -2.09. The number of aliphatic hydroxyl groups excluding tert-OH is 1. The highest BCUT2D eigenvalue weighted by Gasteiger charge is 2.04. The topological polar surface area (TPSA) is 46.2 Å². The van der Waals surface area contributed by atoms with Gasteiger partial charge in [-0.2, -0.15) is 0 Å². The summed E-state index contributed by atoms with van der Waals surface area (Å²) in [6.07, 6.45) is 0.247. The lowest BCUT2D eigenvalue weighted by molar-refractivity contribution is 0.195. The van der Waals surface area contributed by atoms with Crippen molar-refractivity contribution in [3.05, 3.63) is 34.3 Å². The van der Waals surface area contributed by atoms with Crippen LogP contribution in [0, 0.1) is 0 Å². The van der Waals surface area contributed by atoms with Gasteiger partial charge in [0.1, 0.15) is 0 Å². The fourth-order valence-corrected chi connectivity index (χ4v) is 1.50. The van der Waals surface area contributed by atoms with E-state index >= 15 is 0 Å². The molecule has 3 heteroatoms. The average molecular weight is 200 g/mol. The zero-order valence-corrected chi connectivity index (χ0v) is 8.38. The minimum absolute atomic E-state index is 0.358. The molecule has 0 amide bonds. The van der Waals surface area contributed by atoms with Gasteiger partial charge in [0.25, 0.3) is 0 Å². The van der Waals surface area contributed by atoms with Crippen molar-refractivity contribution < 1.29 is 5.11 Å². The number of halogens is 1. The van der Waals surface area contributed by atoms with E-state index in [1.165, 1.54) is 0 Å². The molecule has 0 radical (unpaired) electrons. The van der Waals surface area contributed by atoms with Gasteiger partial charge in [-0.25, -0.2) is 0 Å². The molecule has 3 N–H and O–H groups in total. The second-order valence-electron chi connectivity index (χ2n) is 3.17. The summed E-state index contributed by atoms with van der Waals surface area (Å²) >= 11 is 5.83. The Kier molecular flexibility index (Phi) is 3.72. The fraction of sp³-hybridized carbons (Fsp3) is 0.400. The van der Waals surface area contributed by atoms with Crippen molar-refractivity contribution in [3.8, 4) is 0 Å². The zero-order valence-electron chi connectivity index (χ0n) is 7.63. The first-order valence-electron chi connectivity index (χ1n) is 4.29. The Hall–Kier alpha value is -0.570. The Balaban J connectivity index is 2.94. The van der Waals surface area contributed by atoms with Crippen LogP contribution >= 0.6 is 11.6 Å². The molecule has 0 aromatic heterocycles. The van der Waals surface area contributed by atoms with Crippen molar-refractivity contribution in [2.45, 2.75) is 26.0 Å². The van der Waals surface area contributed by atoms with Gasteiger partial charge in [-0.05, 0) is 36.6 Å². The molecule has 0 heterocycles. The number of hydrogen-bond acceptors (Lipinski definition) is 2. The normalized spacial score (nSPS) is 12.9. The van der Waals surface area contributed by atoms with Crippen LogP contribution in [0.4, 0.5) is 0 Å². The molecule has 1 atom stereocenters. The van der Waals surface area contributed by atoms with Crippen LogP contribution in [-0.2, 0) is 13.0 Å². The SMILES string of the molecule is C[C@@H](O)Cc1cc(Cl)ccc1CN. The van der Waals surface area contributed by atoms with Crippen LogP contribution < -0.4 is 5.73 Å². The van der Waals surface area contributed by atoms with Gasteiger partial charge in [0.15, 0.2) is 0 Å². The van der Waals surface area contributed by atoms with Crippen molar-refractivity contribution in [1.82, 2.24) is 0 Å². The molecule has 1 aromatic carbocycles. The quantitative estimate of drug-likeness (QED) is 0.779. The molecule has 0 aliphatic rings. The second kappa shape index (κ2) is 4.61. The maximum atomic E-state index is 9.23. The lowest BCUT2D eigenvalue weighted by Crippen LogP contribution is -2.09. The first kappa shape index (κ1) is 10.5. The lowest BCUT2D eigenvalue weighted by atomic mass is 10.0. The van der Waals surface area contributed by atoms with Crippen LogP contribution in [0.15, 0.2) is 18.2 Å². The van der Waals surface area contributed by atoms with E-state index < -0.39 is 0 Å². The highest BCUT2D eigenvalue weighted by Crippen LogP contribution is 2.17. The van der Waals surface area contributed by atoms with E-state index in [1.54, 1.807) is 6.92 Å². The summed E-state index contributed by atoms with van der Waals surface area (Å²) in [7, 11) is 0. The van der Waals surface area contributed by atoms with Gasteiger partial charge < -0.3 is 10.8 Å². The summed E-state index contributed by atoms with van der Waals surface area (Å²) in [5.41, 5.74) is 7.63. The molecule has 13 heavy (non-hydrogen) atoms. The highest BCUT2D eigenvalue weighted by atomic mass is 35.5. The van der Waals surface area contributed by atoms with Gasteiger partial charge >= 0.3 is 0 Å². The van der Waals surface area contributed by atoms with Gasteiger partial charge in [0.05, 0.1) is 6.10 Å². The van der Waals surface area contributed by atoms with Crippen LogP contribution in [0.25, 0.3) is 0 Å². The summed E-state index contributed by atoms with van der Waals surface area (Å²) in [6, 6.07) is 5.58.